The van der Waals surface area contributed by atoms with Crippen LogP contribution in [-0.2, 0) is 10.0 Å². The zero-order valence-corrected chi connectivity index (χ0v) is 19.1. The van der Waals surface area contributed by atoms with Crippen LogP contribution in [0.25, 0.3) is 11.5 Å². The van der Waals surface area contributed by atoms with Gasteiger partial charge >= 0.3 is 0 Å². The summed E-state index contributed by atoms with van der Waals surface area (Å²) in [6.07, 6.45) is 3.24. The van der Waals surface area contributed by atoms with Crippen LogP contribution in [-0.4, -0.2) is 46.4 Å². The van der Waals surface area contributed by atoms with Crippen LogP contribution in [0.5, 0.6) is 0 Å². The van der Waals surface area contributed by atoms with Gasteiger partial charge in [-0.1, -0.05) is 6.07 Å². The third kappa shape index (κ3) is 5.86. The van der Waals surface area contributed by atoms with Crippen LogP contribution in [0.4, 0.5) is 23.3 Å². The zero-order valence-electron chi connectivity index (χ0n) is 18.3. The van der Waals surface area contributed by atoms with Crippen molar-refractivity contribution >= 4 is 33.3 Å². The maximum atomic E-state index is 12.2. The first-order valence-corrected chi connectivity index (χ1v) is 11.9. The van der Waals surface area contributed by atoms with E-state index in [9.17, 15) is 8.42 Å². The van der Waals surface area contributed by atoms with Crippen LogP contribution in [0.2, 0.25) is 0 Å². The molecule has 0 unspecified atom stereocenters. The van der Waals surface area contributed by atoms with E-state index in [-0.39, 0.29) is 18.0 Å². The fraction of sp³-hybridized carbons (Fsp3) is 0.136. The largest absolute Gasteiger partial charge is 0.329 e. The highest BCUT2D eigenvalue weighted by Gasteiger charge is 2.13. The van der Waals surface area contributed by atoms with E-state index in [1.807, 2.05) is 25.1 Å². The molecule has 4 rings (SSSR count). The molecular formula is C22H23N9O2S. The molecule has 0 saturated heterocycles. The number of nitrogens with one attached hydrogen (secondary N) is 3. The Labute approximate surface area is 197 Å². The summed E-state index contributed by atoms with van der Waals surface area (Å²) in [6.45, 7) is 2.30. The minimum Gasteiger partial charge on any atom is -0.329 e. The molecule has 12 heteroatoms. The Morgan fingerprint density at radius 1 is 0.853 bits per heavy atom. The lowest BCUT2D eigenvalue weighted by Gasteiger charge is -2.10. The van der Waals surface area contributed by atoms with E-state index in [0.29, 0.717) is 34.8 Å². The van der Waals surface area contributed by atoms with Gasteiger partial charge in [0.1, 0.15) is 17.3 Å². The molecule has 0 atom stereocenters. The number of anilines is 4. The van der Waals surface area contributed by atoms with Gasteiger partial charge in [0.15, 0.2) is 5.82 Å². The number of nitrogens with two attached hydrogens (primary N) is 1. The highest BCUT2D eigenvalue weighted by molar-refractivity contribution is 7.89. The van der Waals surface area contributed by atoms with E-state index in [1.165, 1.54) is 12.1 Å². The smallest absolute Gasteiger partial charge is 0.240 e. The highest BCUT2D eigenvalue weighted by atomic mass is 32.2. The summed E-state index contributed by atoms with van der Waals surface area (Å²) in [4.78, 5) is 22.1. The molecule has 4 aromatic rings. The summed E-state index contributed by atoms with van der Waals surface area (Å²) in [6, 6.07) is 15.3. The Balaban J connectivity index is 1.46. The number of rotatable bonds is 9. The molecule has 0 aliphatic rings. The van der Waals surface area contributed by atoms with Crippen LogP contribution < -0.4 is 21.1 Å². The Morgan fingerprint density at radius 2 is 1.59 bits per heavy atom. The van der Waals surface area contributed by atoms with Gasteiger partial charge in [-0.05, 0) is 55.5 Å². The van der Waals surface area contributed by atoms with Crippen molar-refractivity contribution in [3.63, 3.8) is 0 Å². The van der Waals surface area contributed by atoms with Gasteiger partial charge in [-0.25, -0.2) is 33.1 Å². The summed E-state index contributed by atoms with van der Waals surface area (Å²) in [5.41, 5.74) is 7.54. The fourth-order valence-electron chi connectivity index (χ4n) is 2.96. The molecule has 0 aliphatic carbocycles. The second-order valence-corrected chi connectivity index (χ2v) is 8.92. The normalized spacial score (nSPS) is 11.2. The zero-order chi connectivity index (χ0) is 24.0. The van der Waals surface area contributed by atoms with Crippen molar-refractivity contribution in [1.82, 2.24) is 29.6 Å². The molecule has 0 spiro atoms. The maximum absolute atomic E-state index is 12.2. The van der Waals surface area contributed by atoms with Crippen molar-refractivity contribution in [2.75, 3.05) is 23.7 Å². The molecule has 34 heavy (non-hydrogen) atoms. The maximum Gasteiger partial charge on any atom is 0.240 e. The lowest BCUT2D eigenvalue weighted by atomic mass is 10.3. The van der Waals surface area contributed by atoms with Gasteiger partial charge in [-0.2, -0.15) is 4.98 Å². The van der Waals surface area contributed by atoms with Crippen LogP contribution in [0.15, 0.2) is 71.9 Å². The molecule has 0 bridgehead atoms. The first-order valence-electron chi connectivity index (χ1n) is 10.4. The number of pyridine rings is 1. The van der Waals surface area contributed by atoms with Crippen LogP contribution >= 0.6 is 0 Å². The summed E-state index contributed by atoms with van der Waals surface area (Å²) in [7, 11) is -3.60. The third-order valence-corrected chi connectivity index (χ3v) is 6.02. The summed E-state index contributed by atoms with van der Waals surface area (Å²) in [5.74, 6) is 1.90. The van der Waals surface area contributed by atoms with Crippen LogP contribution in [0.1, 0.15) is 5.69 Å². The second-order valence-electron chi connectivity index (χ2n) is 7.16. The molecule has 174 valence electrons. The second kappa shape index (κ2) is 10.3. The monoisotopic (exact) mass is 477 g/mol. The van der Waals surface area contributed by atoms with E-state index in [4.69, 9.17) is 5.73 Å². The molecule has 0 aliphatic heterocycles. The molecule has 0 saturated carbocycles. The van der Waals surface area contributed by atoms with Crippen molar-refractivity contribution in [3.05, 3.63) is 72.7 Å². The van der Waals surface area contributed by atoms with Gasteiger partial charge in [0.05, 0.1) is 4.90 Å². The highest BCUT2D eigenvalue weighted by Crippen LogP contribution is 2.20. The summed E-state index contributed by atoms with van der Waals surface area (Å²) in [5, 5.41) is 6.19. The van der Waals surface area contributed by atoms with Crippen molar-refractivity contribution < 1.29 is 8.42 Å². The molecular weight excluding hydrogens is 454 g/mol. The van der Waals surface area contributed by atoms with Gasteiger partial charge < -0.3 is 16.4 Å². The quantitative estimate of drug-likeness (QED) is 0.282. The number of hydrogen-bond donors (Lipinski definition) is 4. The Morgan fingerprint density at radius 3 is 2.32 bits per heavy atom. The van der Waals surface area contributed by atoms with E-state index in [1.54, 1.807) is 36.7 Å². The molecule has 11 nitrogen and oxygen atoms in total. The Hall–Kier alpha value is -4.00. The van der Waals surface area contributed by atoms with Gasteiger partial charge in [0.2, 0.25) is 16.0 Å². The molecule has 0 fully saturated rings. The SMILES string of the molecule is Cc1cccc(-c2nccc(Nc3ccnc(Nc4ccc(S(=O)(=O)NCCN)cc4)n3)n2)n1. The van der Waals surface area contributed by atoms with Crippen LogP contribution in [0.3, 0.4) is 0 Å². The minimum absolute atomic E-state index is 0.144. The van der Waals surface area contributed by atoms with E-state index in [0.717, 1.165) is 5.69 Å². The standard InChI is InChI=1S/C22H23N9O2S/c1-15-3-2-4-18(27-15)21-24-12-9-19(30-21)29-20-10-13-25-22(31-20)28-16-5-7-17(8-6-16)34(32,33)26-14-11-23/h2-10,12-13,26H,11,14,23H2,1H3,(H2,24,25,28,29,30,31). The lowest BCUT2D eigenvalue weighted by Crippen LogP contribution is -2.29. The van der Waals surface area contributed by atoms with E-state index in [2.05, 4.69) is 40.3 Å². The van der Waals surface area contributed by atoms with Crippen molar-refractivity contribution in [2.45, 2.75) is 11.8 Å². The number of benzene rings is 1. The number of hydrogen-bond acceptors (Lipinski definition) is 10. The number of sulfonamides is 1. The first-order chi connectivity index (χ1) is 16.4. The molecule has 5 N–H and O–H groups in total. The van der Waals surface area contributed by atoms with Gasteiger partial charge in [-0.3, -0.25) is 0 Å². The molecule has 0 amide bonds. The van der Waals surface area contributed by atoms with Crippen molar-refractivity contribution in [1.29, 1.82) is 0 Å². The average Bonchev–Trinajstić information content (AvgIpc) is 2.84. The Bertz CT molecular complexity index is 1380. The van der Waals surface area contributed by atoms with Gasteiger partial charge in [0, 0.05) is 36.9 Å². The van der Waals surface area contributed by atoms with Crippen molar-refractivity contribution in [3.8, 4) is 11.5 Å². The van der Waals surface area contributed by atoms with Crippen molar-refractivity contribution in [2.24, 2.45) is 5.73 Å². The molecule has 0 radical (unpaired) electrons. The topological polar surface area (TPSA) is 161 Å². The van der Waals surface area contributed by atoms with E-state index >= 15 is 0 Å². The third-order valence-electron chi connectivity index (χ3n) is 4.54. The summed E-state index contributed by atoms with van der Waals surface area (Å²) >= 11 is 0. The minimum atomic E-state index is -3.60. The lowest BCUT2D eigenvalue weighted by molar-refractivity contribution is 0.582. The molecule has 1 aromatic carbocycles. The molecule has 3 heterocycles. The fourth-order valence-corrected chi connectivity index (χ4v) is 4.01. The Kier molecular flexibility index (Phi) is 7.01. The number of aromatic nitrogens is 5. The van der Waals surface area contributed by atoms with E-state index < -0.39 is 10.0 Å². The summed E-state index contributed by atoms with van der Waals surface area (Å²) < 4.78 is 26.8. The average molecular weight is 478 g/mol. The first kappa shape index (κ1) is 23.2. The van der Waals surface area contributed by atoms with Crippen LogP contribution in [0, 0.1) is 6.92 Å². The number of aryl methyl sites for hydroxylation is 1. The van der Waals surface area contributed by atoms with Gasteiger partial charge in [-0.15, -0.1) is 0 Å². The predicted molar refractivity (Wildman–Crippen MR) is 129 cm³/mol. The molecule has 3 aromatic heterocycles. The number of nitrogens with zero attached hydrogens (tertiary/aromatic N) is 5. The van der Waals surface area contributed by atoms with Gasteiger partial charge in [0.25, 0.3) is 0 Å². The predicted octanol–water partition coefficient (Wildman–Crippen LogP) is 2.36.